The predicted octanol–water partition coefficient (Wildman–Crippen LogP) is 5.15. The van der Waals surface area contributed by atoms with Crippen LogP contribution in [0, 0.1) is 6.92 Å². The van der Waals surface area contributed by atoms with E-state index in [4.69, 9.17) is 23.2 Å². The van der Waals surface area contributed by atoms with Crippen LogP contribution in [0.1, 0.15) is 5.56 Å². The third kappa shape index (κ3) is 2.58. The fraction of sp³-hybridized carbons (Fsp3) is 0.0625. The van der Waals surface area contributed by atoms with Crippen LogP contribution in [0.4, 0.5) is 0 Å². The molecule has 0 saturated heterocycles. The first-order valence-electron chi connectivity index (χ1n) is 6.20. The lowest BCUT2D eigenvalue weighted by atomic mass is 10.1. The minimum absolute atomic E-state index is 0.525. The van der Waals surface area contributed by atoms with E-state index < -0.39 is 0 Å². The molecule has 0 aliphatic carbocycles. The van der Waals surface area contributed by atoms with Crippen molar-refractivity contribution in [3.05, 3.63) is 70.5 Å². The van der Waals surface area contributed by atoms with Gasteiger partial charge in [-0.3, -0.25) is 0 Å². The average Bonchev–Trinajstić information content (AvgIpc) is 2.92. The molecule has 0 fully saturated rings. The monoisotopic (exact) mass is 302 g/mol. The second-order valence-electron chi connectivity index (χ2n) is 4.64. The Labute approximate surface area is 127 Å². The molecule has 4 heteroatoms. The van der Waals surface area contributed by atoms with Crippen LogP contribution in [0.2, 0.25) is 10.0 Å². The summed E-state index contributed by atoms with van der Waals surface area (Å²) in [4.78, 5) is 0. The van der Waals surface area contributed by atoms with Crippen molar-refractivity contribution in [2.45, 2.75) is 6.92 Å². The van der Waals surface area contributed by atoms with Gasteiger partial charge in [0.05, 0.1) is 21.9 Å². The average molecular weight is 303 g/mol. The molecule has 0 aliphatic heterocycles. The molecule has 1 aromatic heterocycles. The van der Waals surface area contributed by atoms with Crippen LogP contribution < -0.4 is 0 Å². The summed E-state index contributed by atoms with van der Waals surface area (Å²) in [6, 6.07) is 13.8. The van der Waals surface area contributed by atoms with E-state index in [9.17, 15) is 0 Å². The van der Waals surface area contributed by atoms with Crippen molar-refractivity contribution in [3.8, 4) is 16.8 Å². The van der Waals surface area contributed by atoms with Crippen molar-refractivity contribution in [2.24, 2.45) is 0 Å². The van der Waals surface area contributed by atoms with Crippen LogP contribution >= 0.6 is 23.2 Å². The molecule has 2 nitrogen and oxygen atoms in total. The molecule has 0 spiro atoms. The van der Waals surface area contributed by atoms with Crippen LogP contribution in [-0.4, -0.2) is 9.78 Å². The molecule has 0 bridgehead atoms. The molecule has 0 N–H and O–H groups in total. The number of nitrogens with zero attached hydrogens (tertiary/aromatic N) is 2. The van der Waals surface area contributed by atoms with Crippen LogP contribution in [0.3, 0.4) is 0 Å². The minimum Gasteiger partial charge on any atom is -0.240 e. The first kappa shape index (κ1) is 13.2. The van der Waals surface area contributed by atoms with Gasteiger partial charge in [-0.05, 0) is 30.7 Å². The quantitative estimate of drug-likeness (QED) is 0.640. The van der Waals surface area contributed by atoms with E-state index in [0.717, 1.165) is 16.8 Å². The van der Waals surface area contributed by atoms with Gasteiger partial charge in [0.25, 0.3) is 0 Å². The van der Waals surface area contributed by atoms with Gasteiger partial charge >= 0.3 is 0 Å². The van der Waals surface area contributed by atoms with Gasteiger partial charge in [0.2, 0.25) is 0 Å². The first-order valence-corrected chi connectivity index (χ1v) is 6.96. The first-order chi connectivity index (χ1) is 9.63. The van der Waals surface area contributed by atoms with Gasteiger partial charge in [-0.1, -0.05) is 53.0 Å². The largest absolute Gasteiger partial charge is 0.240 e. The number of aromatic nitrogens is 2. The number of aryl methyl sites for hydroxylation is 1. The minimum atomic E-state index is 0.525. The van der Waals surface area contributed by atoms with E-state index in [1.54, 1.807) is 16.8 Å². The highest BCUT2D eigenvalue weighted by Gasteiger charge is 2.05. The maximum absolute atomic E-state index is 6.03. The molecule has 0 aliphatic rings. The molecule has 0 unspecified atom stereocenters. The smallest absolute Gasteiger partial charge is 0.0661 e. The SMILES string of the molecule is Cc1ccc(-c2cnn(-c3ccc(Cl)c(Cl)c3)c2)cc1. The van der Waals surface area contributed by atoms with Crippen molar-refractivity contribution in [1.82, 2.24) is 9.78 Å². The molecule has 100 valence electrons. The van der Waals surface area contributed by atoms with E-state index in [0.29, 0.717) is 10.0 Å². The number of rotatable bonds is 2. The lowest BCUT2D eigenvalue weighted by Gasteiger charge is -2.03. The summed E-state index contributed by atoms with van der Waals surface area (Å²) in [7, 11) is 0. The topological polar surface area (TPSA) is 17.8 Å². The molecule has 0 atom stereocenters. The Hall–Kier alpha value is -1.77. The van der Waals surface area contributed by atoms with E-state index in [2.05, 4.69) is 36.3 Å². The molecule has 3 rings (SSSR count). The van der Waals surface area contributed by atoms with E-state index >= 15 is 0 Å². The fourth-order valence-electron chi connectivity index (χ4n) is 1.99. The normalized spacial score (nSPS) is 10.8. The second-order valence-corrected chi connectivity index (χ2v) is 5.45. The Bertz CT molecular complexity index is 745. The number of hydrogen-bond acceptors (Lipinski definition) is 1. The molecular weight excluding hydrogens is 291 g/mol. The maximum Gasteiger partial charge on any atom is 0.0661 e. The third-order valence-electron chi connectivity index (χ3n) is 3.14. The van der Waals surface area contributed by atoms with Crippen LogP contribution in [0.5, 0.6) is 0 Å². The molecule has 0 saturated carbocycles. The molecule has 0 amide bonds. The Morgan fingerprint density at radius 1 is 0.900 bits per heavy atom. The van der Waals surface area contributed by atoms with E-state index in [-0.39, 0.29) is 0 Å². The van der Waals surface area contributed by atoms with E-state index in [1.165, 1.54) is 5.56 Å². The summed E-state index contributed by atoms with van der Waals surface area (Å²) in [6.07, 6.45) is 3.82. The van der Waals surface area contributed by atoms with Gasteiger partial charge < -0.3 is 0 Å². The number of halogens is 2. The molecule has 20 heavy (non-hydrogen) atoms. The zero-order valence-corrected chi connectivity index (χ0v) is 12.4. The van der Waals surface area contributed by atoms with Gasteiger partial charge in [-0.25, -0.2) is 4.68 Å². The standard InChI is InChI=1S/C16H12Cl2N2/c1-11-2-4-12(5-3-11)13-9-19-20(10-13)14-6-7-15(17)16(18)8-14/h2-10H,1H3. The van der Waals surface area contributed by atoms with Gasteiger partial charge in [-0.15, -0.1) is 0 Å². The molecule has 0 radical (unpaired) electrons. The lowest BCUT2D eigenvalue weighted by Crippen LogP contribution is -1.93. The summed E-state index contributed by atoms with van der Waals surface area (Å²) >= 11 is 12.0. The molecular formula is C16H12Cl2N2. The van der Waals surface area contributed by atoms with Crippen LogP contribution in [-0.2, 0) is 0 Å². The van der Waals surface area contributed by atoms with Crippen molar-refractivity contribution in [2.75, 3.05) is 0 Å². The fourth-order valence-corrected chi connectivity index (χ4v) is 2.28. The van der Waals surface area contributed by atoms with Crippen molar-refractivity contribution >= 4 is 23.2 Å². The molecule has 2 aromatic carbocycles. The van der Waals surface area contributed by atoms with Crippen LogP contribution in [0.15, 0.2) is 54.9 Å². The summed E-state index contributed by atoms with van der Waals surface area (Å²) < 4.78 is 1.79. The maximum atomic E-state index is 6.03. The Morgan fingerprint density at radius 2 is 1.65 bits per heavy atom. The highest BCUT2D eigenvalue weighted by atomic mass is 35.5. The van der Waals surface area contributed by atoms with Crippen molar-refractivity contribution in [3.63, 3.8) is 0 Å². The molecule has 3 aromatic rings. The van der Waals surface area contributed by atoms with E-state index in [1.807, 2.05) is 18.5 Å². The summed E-state index contributed by atoms with van der Waals surface area (Å²) in [5, 5.41) is 5.44. The summed E-state index contributed by atoms with van der Waals surface area (Å²) in [5.74, 6) is 0. The highest BCUT2D eigenvalue weighted by Crippen LogP contribution is 2.25. The lowest BCUT2D eigenvalue weighted by molar-refractivity contribution is 0.881. The van der Waals surface area contributed by atoms with Gasteiger partial charge in [-0.2, -0.15) is 5.10 Å². The summed E-state index contributed by atoms with van der Waals surface area (Å²) in [5.41, 5.74) is 4.33. The van der Waals surface area contributed by atoms with Gasteiger partial charge in [0, 0.05) is 11.8 Å². The Balaban J connectivity index is 1.97. The Kier molecular flexibility index (Phi) is 3.51. The van der Waals surface area contributed by atoms with Gasteiger partial charge in [0.15, 0.2) is 0 Å². The van der Waals surface area contributed by atoms with Crippen molar-refractivity contribution < 1.29 is 0 Å². The molecule has 1 heterocycles. The zero-order valence-electron chi connectivity index (χ0n) is 10.8. The predicted molar refractivity (Wildman–Crippen MR) is 83.8 cm³/mol. The van der Waals surface area contributed by atoms with Crippen LogP contribution in [0.25, 0.3) is 16.8 Å². The Morgan fingerprint density at radius 3 is 2.35 bits per heavy atom. The number of benzene rings is 2. The number of hydrogen-bond donors (Lipinski definition) is 0. The van der Waals surface area contributed by atoms with Gasteiger partial charge in [0.1, 0.15) is 0 Å². The zero-order chi connectivity index (χ0) is 14.1. The highest BCUT2D eigenvalue weighted by molar-refractivity contribution is 6.42. The third-order valence-corrected chi connectivity index (χ3v) is 3.87. The van der Waals surface area contributed by atoms with Crippen molar-refractivity contribution in [1.29, 1.82) is 0 Å². The summed E-state index contributed by atoms with van der Waals surface area (Å²) in [6.45, 7) is 2.07. The second kappa shape index (κ2) is 5.31.